The number of H-pyrrole nitrogens is 1. The Kier molecular flexibility index (Phi) is 5.25. The lowest BCUT2D eigenvalue weighted by molar-refractivity contribution is -0.193. The van der Waals surface area contributed by atoms with Crippen LogP contribution in [0.1, 0.15) is 36.3 Å². The normalized spacial score (nSPS) is 14.0. The molecule has 0 spiro atoms. The lowest BCUT2D eigenvalue weighted by atomic mass is 10.0. The van der Waals surface area contributed by atoms with Crippen molar-refractivity contribution < 1.29 is 32.2 Å². The number of nitrogens with zero attached hydrogens (tertiary/aromatic N) is 3. The van der Waals surface area contributed by atoms with E-state index < -0.39 is 29.7 Å². The van der Waals surface area contributed by atoms with Crippen molar-refractivity contribution in [1.82, 2.24) is 15.4 Å². The molecule has 8 nitrogen and oxygen atoms in total. The van der Waals surface area contributed by atoms with Crippen LogP contribution in [0.4, 0.5) is 18.9 Å². The zero-order valence-corrected chi connectivity index (χ0v) is 15.0. The molecule has 3 rings (SSSR count). The van der Waals surface area contributed by atoms with Crippen LogP contribution in [0.15, 0.2) is 18.2 Å². The highest BCUT2D eigenvalue weighted by molar-refractivity contribution is 5.98. The summed E-state index contributed by atoms with van der Waals surface area (Å²) in [6.45, 7) is 5.01. The van der Waals surface area contributed by atoms with Crippen molar-refractivity contribution >= 4 is 17.6 Å². The molecule has 1 aromatic carbocycles. The van der Waals surface area contributed by atoms with Gasteiger partial charge in [-0.1, -0.05) is 16.4 Å². The minimum atomic E-state index is -5.30. The van der Waals surface area contributed by atoms with Crippen LogP contribution < -0.4 is 9.64 Å². The highest BCUT2D eigenvalue weighted by atomic mass is 19.4. The van der Waals surface area contributed by atoms with Crippen molar-refractivity contribution in [2.45, 2.75) is 38.9 Å². The van der Waals surface area contributed by atoms with Crippen LogP contribution >= 0.6 is 0 Å². The van der Waals surface area contributed by atoms with Gasteiger partial charge >= 0.3 is 18.1 Å². The number of nitrogens with one attached hydrogen (secondary N) is 1. The van der Waals surface area contributed by atoms with Gasteiger partial charge in [-0.25, -0.2) is 14.7 Å². The molecule has 0 fully saturated rings. The summed E-state index contributed by atoms with van der Waals surface area (Å²) < 4.78 is 46.1. The van der Waals surface area contributed by atoms with Crippen LogP contribution in [0.2, 0.25) is 0 Å². The molecule has 1 aromatic heterocycles. The van der Waals surface area contributed by atoms with E-state index in [-0.39, 0.29) is 6.04 Å². The average molecular weight is 398 g/mol. The van der Waals surface area contributed by atoms with E-state index in [1.807, 2.05) is 6.07 Å². The number of esters is 2. The van der Waals surface area contributed by atoms with Crippen LogP contribution in [0.3, 0.4) is 0 Å². The largest absolute Gasteiger partial charge is 0.491 e. The van der Waals surface area contributed by atoms with E-state index in [0.29, 0.717) is 5.75 Å². The summed E-state index contributed by atoms with van der Waals surface area (Å²) in [5.41, 5.74) is 1.51. The van der Waals surface area contributed by atoms with Gasteiger partial charge < -0.3 is 14.4 Å². The summed E-state index contributed by atoms with van der Waals surface area (Å²) in [4.78, 5) is 24.8. The van der Waals surface area contributed by atoms with Gasteiger partial charge in [0.15, 0.2) is 0 Å². The van der Waals surface area contributed by atoms with Crippen LogP contribution in [0.5, 0.6) is 11.6 Å². The molecule has 0 bridgehead atoms. The van der Waals surface area contributed by atoms with Gasteiger partial charge in [0.25, 0.3) is 5.88 Å². The Balaban J connectivity index is 1.81. The third kappa shape index (κ3) is 4.07. The Labute approximate surface area is 157 Å². The number of hydrogen-bond donors (Lipinski definition) is 1. The number of halogens is 3. The van der Waals surface area contributed by atoms with Crippen molar-refractivity contribution in [3.63, 3.8) is 0 Å². The molecule has 150 valence electrons. The van der Waals surface area contributed by atoms with Crippen molar-refractivity contribution in [2.24, 2.45) is 0 Å². The van der Waals surface area contributed by atoms with Crippen molar-refractivity contribution in [3.05, 3.63) is 29.5 Å². The number of aromatic amines is 1. The summed E-state index contributed by atoms with van der Waals surface area (Å²) in [6.07, 6.45) is -3.36. The molecule has 0 amide bonds. The molecular formula is C17H17F3N4O4. The monoisotopic (exact) mass is 398 g/mol. The molecule has 0 unspecified atom stereocenters. The fourth-order valence-corrected chi connectivity index (χ4v) is 2.91. The maximum atomic E-state index is 12.3. The quantitative estimate of drug-likeness (QED) is 0.625. The molecule has 0 aliphatic carbocycles. The third-order valence-corrected chi connectivity index (χ3v) is 4.19. The molecule has 28 heavy (non-hydrogen) atoms. The van der Waals surface area contributed by atoms with Gasteiger partial charge in [-0.15, -0.1) is 0 Å². The van der Waals surface area contributed by atoms with E-state index in [2.05, 4.69) is 38.9 Å². The van der Waals surface area contributed by atoms with Crippen molar-refractivity contribution in [2.75, 3.05) is 11.4 Å². The van der Waals surface area contributed by atoms with Gasteiger partial charge in [-0.05, 0) is 38.3 Å². The lowest BCUT2D eigenvalue weighted by Gasteiger charge is -2.34. The highest BCUT2D eigenvalue weighted by Crippen LogP contribution is 2.34. The number of anilines is 1. The summed E-state index contributed by atoms with van der Waals surface area (Å²) in [5, 5.41) is 8.95. The molecule has 1 aliphatic rings. The highest BCUT2D eigenvalue weighted by Gasteiger charge is 2.43. The second-order valence-electron chi connectivity index (χ2n) is 6.45. The zero-order valence-electron chi connectivity index (χ0n) is 15.0. The first-order valence-electron chi connectivity index (χ1n) is 8.48. The zero-order chi connectivity index (χ0) is 20.5. The number of aromatic nitrogens is 3. The molecule has 1 N–H and O–H groups in total. The predicted octanol–water partition coefficient (Wildman–Crippen LogP) is 3.00. The summed E-state index contributed by atoms with van der Waals surface area (Å²) in [5.74, 6) is -4.31. The summed E-state index contributed by atoms with van der Waals surface area (Å²) >= 11 is 0. The maximum Gasteiger partial charge on any atom is 0.491 e. The molecule has 2 heterocycles. The van der Waals surface area contributed by atoms with Crippen LogP contribution in [-0.4, -0.2) is 46.1 Å². The maximum absolute atomic E-state index is 12.3. The minimum Gasteiger partial charge on any atom is -0.436 e. The second-order valence-corrected chi connectivity index (χ2v) is 6.45. The number of aryl methyl sites for hydroxylation is 1. The number of alkyl halides is 3. The van der Waals surface area contributed by atoms with E-state index in [1.165, 1.54) is 0 Å². The van der Waals surface area contributed by atoms with E-state index in [4.69, 9.17) is 4.74 Å². The minimum absolute atomic E-state index is 0.264. The Hall–Kier alpha value is -3.11. The second kappa shape index (κ2) is 7.49. The Morgan fingerprint density at radius 1 is 1.29 bits per heavy atom. The summed E-state index contributed by atoms with van der Waals surface area (Å²) in [7, 11) is 0. The first kappa shape index (κ1) is 19.6. The van der Waals surface area contributed by atoms with Crippen molar-refractivity contribution in [3.8, 4) is 11.6 Å². The number of benzene rings is 1. The van der Waals surface area contributed by atoms with Gasteiger partial charge in [0.1, 0.15) is 5.75 Å². The van der Waals surface area contributed by atoms with E-state index >= 15 is 0 Å². The number of carbonyl (C=O) groups is 2. The topological polar surface area (TPSA) is 97.4 Å². The third-order valence-electron chi connectivity index (χ3n) is 4.19. The fourth-order valence-electron chi connectivity index (χ4n) is 2.91. The standard InChI is InChI=1S/C17H17F3N4O4/c1-9(2)24-7-3-4-10-5-6-11(8-12(10)24)27-14-13(21-23-22-14)15(25)28-16(26)17(18,19)20/h5-6,8-9H,3-4,7H2,1-2H3,(H,21,22,23). The molecule has 0 saturated heterocycles. The molecule has 2 aromatic rings. The van der Waals surface area contributed by atoms with Gasteiger partial charge in [-0.2, -0.15) is 13.2 Å². The molecule has 0 radical (unpaired) electrons. The van der Waals surface area contributed by atoms with Gasteiger partial charge in [0.05, 0.1) is 0 Å². The molecular weight excluding hydrogens is 381 g/mol. The number of hydrogen-bond acceptors (Lipinski definition) is 7. The van der Waals surface area contributed by atoms with Crippen LogP contribution in [0.25, 0.3) is 0 Å². The van der Waals surface area contributed by atoms with Gasteiger partial charge in [-0.3, -0.25) is 0 Å². The van der Waals surface area contributed by atoms with E-state index in [9.17, 15) is 22.8 Å². The molecule has 11 heteroatoms. The Morgan fingerprint density at radius 2 is 2.04 bits per heavy atom. The van der Waals surface area contributed by atoms with E-state index in [0.717, 1.165) is 30.6 Å². The lowest BCUT2D eigenvalue weighted by Crippen LogP contribution is -2.35. The van der Waals surface area contributed by atoms with Gasteiger partial charge in [0.2, 0.25) is 5.69 Å². The SMILES string of the molecule is CC(C)N1CCCc2ccc(Oc3nn[nH]c3C(=O)OC(=O)C(F)(F)F)cc21. The smallest absolute Gasteiger partial charge is 0.436 e. The average Bonchev–Trinajstić information content (AvgIpc) is 3.08. The number of ether oxygens (including phenoxy) is 2. The van der Waals surface area contributed by atoms with Crippen LogP contribution in [-0.2, 0) is 16.0 Å². The predicted molar refractivity (Wildman–Crippen MR) is 90.2 cm³/mol. The Bertz CT molecular complexity index is 895. The first-order valence-corrected chi connectivity index (χ1v) is 8.48. The number of carbonyl (C=O) groups excluding carboxylic acids is 2. The summed E-state index contributed by atoms with van der Waals surface area (Å²) in [6, 6.07) is 5.57. The molecule has 1 aliphatic heterocycles. The van der Waals surface area contributed by atoms with E-state index in [1.54, 1.807) is 12.1 Å². The molecule has 0 saturated carbocycles. The Morgan fingerprint density at radius 3 is 2.71 bits per heavy atom. The van der Waals surface area contributed by atoms with Gasteiger partial charge in [0, 0.05) is 24.3 Å². The number of rotatable bonds is 4. The van der Waals surface area contributed by atoms with Crippen molar-refractivity contribution in [1.29, 1.82) is 0 Å². The first-order chi connectivity index (χ1) is 13.2. The van der Waals surface area contributed by atoms with Crippen LogP contribution in [0, 0.1) is 0 Å². The number of fused-ring (bicyclic) bond motifs is 1. The molecule has 0 atom stereocenters. The fraction of sp³-hybridized carbons (Fsp3) is 0.412.